The molecule has 0 heterocycles. The van der Waals surface area contributed by atoms with Crippen LogP contribution in [0.15, 0.2) is 30.4 Å². The van der Waals surface area contributed by atoms with Gasteiger partial charge in [-0.2, -0.15) is 0 Å². The van der Waals surface area contributed by atoms with Crippen molar-refractivity contribution in [2.75, 3.05) is 6.61 Å². The molecule has 1 aromatic carbocycles. The van der Waals surface area contributed by atoms with E-state index in [0.717, 1.165) is 5.75 Å². The molecular weight excluding hydrogens is 208 g/mol. The Hall–Kier alpha value is -1.24. The molecule has 0 aromatic heterocycles. The van der Waals surface area contributed by atoms with Crippen LogP contribution in [0, 0.1) is 13.8 Å². The van der Waals surface area contributed by atoms with E-state index in [-0.39, 0.29) is 0 Å². The summed E-state index contributed by atoms with van der Waals surface area (Å²) in [5.74, 6) is 0.994. The van der Waals surface area contributed by atoms with Gasteiger partial charge in [-0.25, -0.2) is 0 Å². The first-order chi connectivity index (χ1) is 8.24. The second-order valence-corrected chi connectivity index (χ2v) is 4.55. The summed E-state index contributed by atoms with van der Waals surface area (Å²) in [7, 11) is 0. The minimum atomic E-state index is 0.677. The zero-order valence-electron chi connectivity index (χ0n) is 11.3. The summed E-state index contributed by atoms with van der Waals surface area (Å²) >= 11 is 0. The average molecular weight is 232 g/mol. The van der Waals surface area contributed by atoms with Crippen molar-refractivity contribution in [2.45, 2.75) is 46.5 Å². The van der Waals surface area contributed by atoms with E-state index in [2.05, 4.69) is 51.1 Å². The number of benzene rings is 1. The molecule has 1 nitrogen and oxygen atoms in total. The molecule has 0 atom stereocenters. The van der Waals surface area contributed by atoms with Gasteiger partial charge in [-0.1, -0.05) is 49.6 Å². The normalized spacial score (nSPS) is 11.0. The Morgan fingerprint density at radius 2 is 1.94 bits per heavy atom. The van der Waals surface area contributed by atoms with Crippen molar-refractivity contribution in [3.05, 3.63) is 41.5 Å². The maximum absolute atomic E-state index is 5.71. The predicted molar refractivity (Wildman–Crippen MR) is 74.7 cm³/mol. The molecule has 0 aliphatic heterocycles. The zero-order valence-corrected chi connectivity index (χ0v) is 11.3. The summed E-state index contributed by atoms with van der Waals surface area (Å²) < 4.78 is 5.71. The molecule has 0 N–H and O–H groups in total. The lowest BCUT2D eigenvalue weighted by molar-refractivity contribution is 0.360. The van der Waals surface area contributed by atoms with Gasteiger partial charge in [-0.3, -0.25) is 0 Å². The quantitative estimate of drug-likeness (QED) is 0.484. The van der Waals surface area contributed by atoms with E-state index in [0.29, 0.717) is 6.61 Å². The number of unbranched alkanes of at least 4 members (excludes halogenated alkanes) is 3. The fourth-order valence-corrected chi connectivity index (χ4v) is 1.80. The van der Waals surface area contributed by atoms with E-state index >= 15 is 0 Å². The summed E-state index contributed by atoms with van der Waals surface area (Å²) in [6, 6.07) is 6.29. The van der Waals surface area contributed by atoms with Crippen LogP contribution in [-0.4, -0.2) is 6.61 Å². The molecule has 0 unspecified atom stereocenters. The number of aryl methyl sites for hydroxylation is 2. The van der Waals surface area contributed by atoms with Gasteiger partial charge in [0, 0.05) is 0 Å². The van der Waals surface area contributed by atoms with Gasteiger partial charge in [0.05, 0.1) is 0 Å². The number of allylic oxidation sites excluding steroid dienone is 1. The highest BCUT2D eigenvalue weighted by Gasteiger charge is 1.97. The lowest BCUT2D eigenvalue weighted by Crippen LogP contribution is -1.95. The van der Waals surface area contributed by atoms with Crippen molar-refractivity contribution >= 4 is 0 Å². The molecule has 1 aromatic rings. The van der Waals surface area contributed by atoms with Gasteiger partial charge in [0.2, 0.25) is 0 Å². The molecule has 0 aliphatic rings. The lowest BCUT2D eigenvalue weighted by atomic mass is 10.1. The summed E-state index contributed by atoms with van der Waals surface area (Å²) in [5, 5.41) is 0. The molecule has 0 spiro atoms. The molecule has 0 fully saturated rings. The summed E-state index contributed by atoms with van der Waals surface area (Å²) in [4.78, 5) is 0. The number of ether oxygens (including phenoxy) is 1. The van der Waals surface area contributed by atoms with Crippen LogP contribution in [0.2, 0.25) is 0 Å². The average Bonchev–Trinajstić information content (AvgIpc) is 2.30. The van der Waals surface area contributed by atoms with Gasteiger partial charge in [0.1, 0.15) is 12.4 Å². The Labute approximate surface area is 106 Å². The Morgan fingerprint density at radius 1 is 1.12 bits per heavy atom. The monoisotopic (exact) mass is 232 g/mol. The second kappa shape index (κ2) is 7.94. The maximum Gasteiger partial charge on any atom is 0.122 e. The second-order valence-electron chi connectivity index (χ2n) is 4.55. The van der Waals surface area contributed by atoms with Crippen LogP contribution in [-0.2, 0) is 0 Å². The first kappa shape index (κ1) is 13.8. The first-order valence-corrected chi connectivity index (χ1v) is 6.59. The molecule has 0 bridgehead atoms. The van der Waals surface area contributed by atoms with Crippen LogP contribution in [0.4, 0.5) is 0 Å². The van der Waals surface area contributed by atoms with Crippen LogP contribution in [0.3, 0.4) is 0 Å². The van der Waals surface area contributed by atoms with E-state index < -0.39 is 0 Å². The Kier molecular flexibility index (Phi) is 6.46. The van der Waals surface area contributed by atoms with Gasteiger partial charge in [-0.05, 0) is 38.3 Å². The fraction of sp³-hybridized carbons (Fsp3) is 0.500. The van der Waals surface area contributed by atoms with Crippen molar-refractivity contribution in [1.82, 2.24) is 0 Å². The van der Waals surface area contributed by atoms with E-state index in [1.807, 2.05) is 0 Å². The van der Waals surface area contributed by atoms with Crippen molar-refractivity contribution in [3.63, 3.8) is 0 Å². The van der Waals surface area contributed by atoms with Crippen molar-refractivity contribution in [1.29, 1.82) is 0 Å². The van der Waals surface area contributed by atoms with Crippen LogP contribution < -0.4 is 4.74 Å². The van der Waals surface area contributed by atoms with Gasteiger partial charge < -0.3 is 4.74 Å². The third-order valence-electron chi connectivity index (χ3n) is 2.81. The molecular formula is C16H24O. The Bertz CT molecular complexity index is 353. The molecule has 17 heavy (non-hydrogen) atoms. The predicted octanol–water partition coefficient (Wildman–Crippen LogP) is 4.82. The van der Waals surface area contributed by atoms with Gasteiger partial charge >= 0.3 is 0 Å². The number of rotatable bonds is 7. The summed E-state index contributed by atoms with van der Waals surface area (Å²) in [6.07, 6.45) is 9.41. The molecule has 0 saturated carbocycles. The SMILES string of the molecule is CCCCC/C=C/COc1ccc(C)cc1C. The topological polar surface area (TPSA) is 9.23 Å². The smallest absolute Gasteiger partial charge is 0.122 e. The Morgan fingerprint density at radius 3 is 2.65 bits per heavy atom. The van der Waals surface area contributed by atoms with E-state index in [1.54, 1.807) is 0 Å². The highest BCUT2D eigenvalue weighted by Crippen LogP contribution is 2.18. The van der Waals surface area contributed by atoms with Gasteiger partial charge in [0.15, 0.2) is 0 Å². The largest absolute Gasteiger partial charge is 0.489 e. The molecule has 1 rings (SSSR count). The summed E-state index contributed by atoms with van der Waals surface area (Å²) in [6.45, 7) is 7.10. The molecule has 94 valence electrons. The zero-order chi connectivity index (χ0) is 12.5. The van der Waals surface area contributed by atoms with Gasteiger partial charge in [0.25, 0.3) is 0 Å². The molecule has 0 amide bonds. The van der Waals surface area contributed by atoms with Crippen molar-refractivity contribution in [3.8, 4) is 5.75 Å². The molecule has 0 aliphatic carbocycles. The van der Waals surface area contributed by atoms with Crippen molar-refractivity contribution < 1.29 is 4.74 Å². The first-order valence-electron chi connectivity index (χ1n) is 6.59. The van der Waals surface area contributed by atoms with E-state index in [1.165, 1.54) is 36.8 Å². The third-order valence-corrected chi connectivity index (χ3v) is 2.81. The highest BCUT2D eigenvalue weighted by molar-refractivity contribution is 5.35. The van der Waals surface area contributed by atoms with E-state index in [4.69, 9.17) is 4.74 Å². The summed E-state index contributed by atoms with van der Waals surface area (Å²) in [5.41, 5.74) is 2.49. The standard InChI is InChI=1S/C16H24O/c1-4-5-6-7-8-9-12-17-16-11-10-14(2)13-15(16)3/h8-11,13H,4-7,12H2,1-3H3/b9-8+. The van der Waals surface area contributed by atoms with Gasteiger partial charge in [-0.15, -0.1) is 0 Å². The number of hydrogen-bond donors (Lipinski definition) is 0. The fourth-order valence-electron chi connectivity index (χ4n) is 1.80. The minimum Gasteiger partial charge on any atom is -0.489 e. The number of hydrogen-bond acceptors (Lipinski definition) is 1. The lowest BCUT2D eigenvalue weighted by Gasteiger charge is -2.07. The van der Waals surface area contributed by atoms with Crippen LogP contribution in [0.1, 0.15) is 43.7 Å². The van der Waals surface area contributed by atoms with Crippen molar-refractivity contribution in [2.24, 2.45) is 0 Å². The van der Waals surface area contributed by atoms with Crippen LogP contribution in [0.25, 0.3) is 0 Å². The molecule has 0 saturated heterocycles. The van der Waals surface area contributed by atoms with E-state index in [9.17, 15) is 0 Å². The third kappa shape index (κ3) is 5.58. The maximum atomic E-state index is 5.71. The Balaban J connectivity index is 2.26. The molecule has 1 heteroatoms. The molecule has 0 radical (unpaired) electrons. The van der Waals surface area contributed by atoms with Crippen LogP contribution >= 0.6 is 0 Å². The van der Waals surface area contributed by atoms with Crippen LogP contribution in [0.5, 0.6) is 5.75 Å². The highest BCUT2D eigenvalue weighted by atomic mass is 16.5. The minimum absolute atomic E-state index is 0.677.